The second kappa shape index (κ2) is 7.79. The van der Waals surface area contributed by atoms with Gasteiger partial charge in [-0.05, 0) is 30.7 Å². The van der Waals surface area contributed by atoms with Gasteiger partial charge in [0.1, 0.15) is 4.34 Å². The van der Waals surface area contributed by atoms with Crippen LogP contribution in [-0.4, -0.2) is 14.7 Å². The lowest BCUT2D eigenvalue weighted by molar-refractivity contribution is -0.135. The molecule has 30 heavy (non-hydrogen) atoms. The van der Waals surface area contributed by atoms with Crippen molar-refractivity contribution < 1.29 is 17.7 Å². The number of thiophene rings is 1. The minimum absolute atomic E-state index is 0.0577. The van der Waals surface area contributed by atoms with Gasteiger partial charge in [0.05, 0.1) is 22.0 Å². The summed E-state index contributed by atoms with van der Waals surface area (Å²) in [5, 5.41) is 4.02. The fourth-order valence-electron chi connectivity index (χ4n) is 3.43. The van der Waals surface area contributed by atoms with E-state index in [0.717, 1.165) is 12.1 Å². The van der Waals surface area contributed by atoms with Crippen LogP contribution in [0.3, 0.4) is 0 Å². The molecule has 3 aromatic heterocycles. The van der Waals surface area contributed by atoms with E-state index < -0.39 is 11.7 Å². The van der Waals surface area contributed by atoms with Crippen LogP contribution in [0.1, 0.15) is 30.4 Å². The largest absolute Gasteiger partial charge is 0.419 e. The minimum atomic E-state index is -4.56. The molecule has 0 fully saturated rings. The fraction of sp³-hybridized carbons (Fsp3) is 0.263. The molecule has 0 unspecified atom stereocenters. The molecule has 0 saturated carbocycles. The van der Waals surface area contributed by atoms with E-state index in [0.29, 0.717) is 32.0 Å². The van der Waals surface area contributed by atoms with Crippen LogP contribution in [0.5, 0.6) is 0 Å². The highest BCUT2D eigenvalue weighted by Gasteiger charge is 2.36. The van der Waals surface area contributed by atoms with Crippen LogP contribution >= 0.6 is 34.5 Å². The van der Waals surface area contributed by atoms with E-state index in [1.54, 1.807) is 16.7 Å². The number of hydrogen-bond acceptors (Lipinski definition) is 5. The molecule has 0 spiro atoms. The molecule has 2 N–H and O–H groups in total. The summed E-state index contributed by atoms with van der Waals surface area (Å²) in [7, 11) is 0. The van der Waals surface area contributed by atoms with Crippen molar-refractivity contribution in [2.75, 3.05) is 5.73 Å². The fourth-order valence-corrected chi connectivity index (χ4v) is 4.88. The van der Waals surface area contributed by atoms with Crippen LogP contribution in [0, 0.1) is 0 Å². The third kappa shape index (κ3) is 3.77. The normalized spacial score (nSPS) is 12.2. The Morgan fingerprint density at radius 2 is 2.00 bits per heavy atom. The van der Waals surface area contributed by atoms with Crippen molar-refractivity contribution in [3.8, 4) is 11.5 Å². The summed E-state index contributed by atoms with van der Waals surface area (Å²) < 4.78 is 48.8. The van der Waals surface area contributed by atoms with Gasteiger partial charge in [-0.2, -0.15) is 18.2 Å². The van der Waals surface area contributed by atoms with Gasteiger partial charge < -0.3 is 14.8 Å². The molecule has 1 aromatic carbocycles. The van der Waals surface area contributed by atoms with Gasteiger partial charge >= 0.3 is 6.18 Å². The molecule has 3 heterocycles. The summed E-state index contributed by atoms with van der Waals surface area (Å²) >= 11 is 13.3. The summed E-state index contributed by atoms with van der Waals surface area (Å²) in [4.78, 5) is 4.34. The molecule has 4 rings (SSSR count). The number of nitrogens with two attached hydrogens (primary N) is 1. The third-order valence-electron chi connectivity index (χ3n) is 4.65. The van der Waals surface area contributed by atoms with Crippen LogP contribution < -0.4 is 5.73 Å². The van der Waals surface area contributed by atoms with E-state index in [9.17, 15) is 13.2 Å². The number of hydrogen-bond donors (Lipinski definition) is 1. The van der Waals surface area contributed by atoms with Gasteiger partial charge in [-0.1, -0.05) is 41.7 Å². The van der Waals surface area contributed by atoms with Gasteiger partial charge in [0.25, 0.3) is 5.89 Å². The van der Waals surface area contributed by atoms with Crippen LogP contribution in [0.25, 0.3) is 22.4 Å². The Balaban J connectivity index is 1.79. The Morgan fingerprint density at radius 1 is 1.23 bits per heavy atom. The number of rotatable bonds is 5. The van der Waals surface area contributed by atoms with Gasteiger partial charge in [0.2, 0.25) is 0 Å². The number of alkyl halides is 3. The van der Waals surface area contributed by atoms with Crippen LogP contribution in [0.2, 0.25) is 8.67 Å². The van der Waals surface area contributed by atoms with Crippen LogP contribution in [0.4, 0.5) is 18.9 Å². The summed E-state index contributed by atoms with van der Waals surface area (Å²) in [6.07, 6.45) is -3.22. The second-order valence-electron chi connectivity index (χ2n) is 6.69. The third-order valence-corrected chi connectivity index (χ3v) is 6.14. The molecule has 0 bridgehead atoms. The highest BCUT2D eigenvalue weighted by atomic mass is 35.5. The number of benzene rings is 1. The van der Waals surface area contributed by atoms with Crippen molar-refractivity contribution in [3.63, 3.8) is 0 Å². The zero-order valence-electron chi connectivity index (χ0n) is 15.6. The molecule has 0 aliphatic rings. The lowest BCUT2D eigenvalue weighted by Gasteiger charge is -2.12. The van der Waals surface area contributed by atoms with E-state index in [2.05, 4.69) is 10.1 Å². The Bertz CT molecular complexity index is 1230. The summed E-state index contributed by atoms with van der Waals surface area (Å²) in [5.74, 6) is 0.510. The number of nitrogen functional groups attached to an aromatic ring is 1. The smallest absolute Gasteiger partial charge is 0.398 e. The molecule has 5 nitrogen and oxygen atoms in total. The van der Waals surface area contributed by atoms with Gasteiger partial charge in [-0.15, -0.1) is 11.3 Å². The van der Waals surface area contributed by atoms with E-state index in [1.807, 2.05) is 6.92 Å². The standard InChI is InChI=1S/C19H15Cl2F3N4OS/c1-2-3-9-6-10-13(5-4-12(25)16(10)19(22,23)24)28(9)8-15-26-18(29-27-15)11-7-14(20)30-17(11)21/h4-7H,2-3,8,25H2,1H3. The number of halogens is 5. The topological polar surface area (TPSA) is 69.9 Å². The maximum atomic E-state index is 13.6. The van der Waals surface area contributed by atoms with Gasteiger partial charge in [-0.3, -0.25) is 0 Å². The molecule has 158 valence electrons. The molecular weight excluding hydrogens is 460 g/mol. The first-order chi connectivity index (χ1) is 14.2. The van der Waals surface area contributed by atoms with Crippen LogP contribution in [0.15, 0.2) is 28.8 Å². The van der Waals surface area contributed by atoms with Crippen molar-refractivity contribution in [1.29, 1.82) is 0 Å². The lowest BCUT2D eigenvalue weighted by atomic mass is 10.1. The highest BCUT2D eigenvalue weighted by Crippen LogP contribution is 2.41. The Hall–Kier alpha value is -2.23. The monoisotopic (exact) mass is 474 g/mol. The molecule has 0 radical (unpaired) electrons. The van der Waals surface area contributed by atoms with E-state index in [4.69, 9.17) is 33.5 Å². The van der Waals surface area contributed by atoms with Crippen LogP contribution in [-0.2, 0) is 19.1 Å². The first-order valence-electron chi connectivity index (χ1n) is 8.94. The lowest BCUT2D eigenvalue weighted by Crippen LogP contribution is -2.10. The van der Waals surface area contributed by atoms with Crippen molar-refractivity contribution >= 4 is 51.1 Å². The van der Waals surface area contributed by atoms with Gasteiger partial charge in [0, 0.05) is 22.3 Å². The van der Waals surface area contributed by atoms with Crippen molar-refractivity contribution in [3.05, 3.63) is 50.0 Å². The number of fused-ring (bicyclic) bond motifs is 1. The molecule has 0 aliphatic heterocycles. The van der Waals surface area contributed by atoms with Crippen molar-refractivity contribution in [2.24, 2.45) is 0 Å². The Kier molecular flexibility index (Phi) is 5.46. The van der Waals surface area contributed by atoms with E-state index in [-0.39, 0.29) is 23.5 Å². The average molecular weight is 475 g/mol. The molecular formula is C19H15Cl2F3N4OS. The quantitative estimate of drug-likeness (QED) is 0.328. The highest BCUT2D eigenvalue weighted by molar-refractivity contribution is 7.20. The predicted octanol–water partition coefficient (Wildman–Crippen LogP) is 6.66. The zero-order chi connectivity index (χ0) is 21.6. The Labute approximate surface area is 183 Å². The van der Waals surface area contributed by atoms with Crippen molar-refractivity contribution in [2.45, 2.75) is 32.5 Å². The minimum Gasteiger partial charge on any atom is -0.398 e. The summed E-state index contributed by atoms with van der Waals surface area (Å²) in [6.45, 7) is 2.09. The zero-order valence-corrected chi connectivity index (χ0v) is 17.9. The maximum absolute atomic E-state index is 13.6. The summed E-state index contributed by atoms with van der Waals surface area (Å²) in [6, 6.07) is 6.01. The second-order valence-corrected chi connectivity index (χ2v) is 8.97. The Morgan fingerprint density at radius 3 is 2.63 bits per heavy atom. The average Bonchev–Trinajstić information content (AvgIpc) is 3.32. The van der Waals surface area contributed by atoms with Gasteiger partial charge in [0.15, 0.2) is 5.82 Å². The number of nitrogens with zero attached hydrogens (tertiary/aromatic N) is 3. The molecule has 4 aromatic rings. The number of aromatic nitrogens is 3. The van der Waals surface area contributed by atoms with Gasteiger partial charge in [-0.25, -0.2) is 0 Å². The molecule has 0 amide bonds. The maximum Gasteiger partial charge on any atom is 0.419 e. The molecule has 0 saturated heterocycles. The first-order valence-corrected chi connectivity index (χ1v) is 10.5. The summed E-state index contributed by atoms with van der Waals surface area (Å²) in [5.41, 5.74) is 6.17. The molecule has 0 aliphatic carbocycles. The predicted molar refractivity (Wildman–Crippen MR) is 112 cm³/mol. The van der Waals surface area contributed by atoms with E-state index in [1.165, 1.54) is 23.5 Å². The van der Waals surface area contributed by atoms with E-state index >= 15 is 0 Å². The SMILES string of the molecule is CCCc1cc2c(C(F)(F)F)c(N)ccc2n1Cc1noc(-c2cc(Cl)sc2Cl)n1. The van der Waals surface area contributed by atoms with Crippen molar-refractivity contribution in [1.82, 2.24) is 14.7 Å². The molecule has 11 heteroatoms. The molecule has 0 atom stereocenters. The number of aryl methyl sites for hydroxylation is 1. The first kappa shape index (κ1) is 21.0. The number of anilines is 1.